The number of fused-ring (bicyclic) bond motifs is 1. The van der Waals surface area contributed by atoms with Gasteiger partial charge in [0, 0.05) is 17.1 Å². The molecule has 0 spiro atoms. The van der Waals surface area contributed by atoms with E-state index in [9.17, 15) is 4.79 Å². The number of anilines is 1. The van der Waals surface area contributed by atoms with Crippen molar-refractivity contribution < 1.29 is 4.79 Å². The molecule has 70 valence electrons. The lowest BCUT2D eigenvalue weighted by Gasteiger charge is -2.20. The normalized spacial score (nSPS) is 19.4. The Bertz CT molecular complexity index is 438. The van der Waals surface area contributed by atoms with E-state index in [1.807, 2.05) is 6.07 Å². The smallest absolute Gasteiger partial charge is 0.242 e. The first-order valence-electron chi connectivity index (χ1n) is 4.05. The summed E-state index contributed by atoms with van der Waals surface area (Å²) in [4.78, 5) is 15.3. The average Bonchev–Trinajstić information content (AvgIpc) is 2.17. The van der Waals surface area contributed by atoms with Crippen molar-refractivity contribution >= 4 is 27.5 Å². The number of nitrogens with zero attached hydrogens (tertiary/aromatic N) is 2. The SMILES string of the molecule is N#CC1Cc2c(Br)cncc2NC1=O. The number of hydrogen-bond donors (Lipinski definition) is 1. The fraction of sp³-hybridized carbons (Fsp3) is 0.222. The molecule has 1 N–H and O–H groups in total. The number of amides is 1. The van der Waals surface area contributed by atoms with Gasteiger partial charge in [-0.15, -0.1) is 0 Å². The number of halogens is 1. The van der Waals surface area contributed by atoms with E-state index in [2.05, 4.69) is 26.2 Å². The molecule has 0 bridgehead atoms. The summed E-state index contributed by atoms with van der Waals surface area (Å²) in [7, 11) is 0. The standard InChI is InChI=1S/C9H6BrN3O/c10-7-3-12-4-8-6(7)1-5(2-11)9(14)13-8/h3-5H,1H2,(H,13,14). The van der Waals surface area contributed by atoms with E-state index in [1.165, 1.54) is 0 Å². The molecule has 0 aliphatic carbocycles. The quantitative estimate of drug-likeness (QED) is 0.760. The molecule has 0 aromatic carbocycles. The van der Waals surface area contributed by atoms with Crippen LogP contribution in [0.4, 0.5) is 5.69 Å². The Morgan fingerprint density at radius 2 is 2.43 bits per heavy atom. The molecule has 1 atom stereocenters. The molecule has 14 heavy (non-hydrogen) atoms. The van der Waals surface area contributed by atoms with Gasteiger partial charge in [0.25, 0.3) is 0 Å². The largest absolute Gasteiger partial charge is 0.323 e. The second-order valence-corrected chi connectivity index (χ2v) is 3.88. The fourth-order valence-corrected chi connectivity index (χ4v) is 1.89. The Morgan fingerprint density at radius 1 is 1.64 bits per heavy atom. The Kier molecular flexibility index (Phi) is 2.22. The van der Waals surface area contributed by atoms with Gasteiger partial charge in [0.15, 0.2) is 0 Å². The highest BCUT2D eigenvalue weighted by Crippen LogP contribution is 2.30. The van der Waals surface area contributed by atoms with E-state index >= 15 is 0 Å². The first-order chi connectivity index (χ1) is 6.72. The maximum Gasteiger partial charge on any atom is 0.242 e. The van der Waals surface area contributed by atoms with Gasteiger partial charge in [-0.3, -0.25) is 9.78 Å². The first kappa shape index (κ1) is 9.16. The zero-order valence-electron chi connectivity index (χ0n) is 7.12. The summed E-state index contributed by atoms with van der Waals surface area (Å²) in [6.45, 7) is 0. The highest BCUT2D eigenvalue weighted by atomic mass is 79.9. The van der Waals surface area contributed by atoms with E-state index in [-0.39, 0.29) is 5.91 Å². The van der Waals surface area contributed by atoms with Gasteiger partial charge < -0.3 is 5.32 Å². The lowest BCUT2D eigenvalue weighted by atomic mass is 9.96. The van der Waals surface area contributed by atoms with Crippen LogP contribution in [0.5, 0.6) is 0 Å². The summed E-state index contributed by atoms with van der Waals surface area (Å²) in [5.74, 6) is -0.846. The molecule has 1 aromatic heterocycles. The molecule has 1 unspecified atom stereocenters. The lowest BCUT2D eigenvalue weighted by Crippen LogP contribution is -2.29. The summed E-state index contributed by atoms with van der Waals surface area (Å²) >= 11 is 3.34. The second kappa shape index (κ2) is 3.39. The van der Waals surface area contributed by atoms with Crippen LogP contribution in [0.25, 0.3) is 0 Å². The number of pyridine rings is 1. The van der Waals surface area contributed by atoms with Gasteiger partial charge in [-0.25, -0.2) is 0 Å². The van der Waals surface area contributed by atoms with Crippen LogP contribution in [0.3, 0.4) is 0 Å². The lowest BCUT2D eigenvalue weighted by molar-refractivity contribution is -0.118. The number of rotatable bonds is 0. The summed E-state index contributed by atoms with van der Waals surface area (Å²) in [5.41, 5.74) is 1.63. The zero-order chi connectivity index (χ0) is 10.1. The van der Waals surface area contributed by atoms with E-state index < -0.39 is 5.92 Å². The van der Waals surface area contributed by atoms with Crippen molar-refractivity contribution in [3.63, 3.8) is 0 Å². The van der Waals surface area contributed by atoms with Crippen LogP contribution in [0.1, 0.15) is 5.56 Å². The third-order valence-corrected chi connectivity index (χ3v) is 2.83. The highest BCUT2D eigenvalue weighted by Gasteiger charge is 2.27. The van der Waals surface area contributed by atoms with Gasteiger partial charge in [0.2, 0.25) is 5.91 Å². The Labute approximate surface area is 89.1 Å². The number of nitrogens with one attached hydrogen (secondary N) is 1. The Balaban J connectivity index is 2.47. The van der Waals surface area contributed by atoms with Crippen molar-refractivity contribution in [2.45, 2.75) is 6.42 Å². The van der Waals surface area contributed by atoms with Gasteiger partial charge in [0.1, 0.15) is 5.92 Å². The second-order valence-electron chi connectivity index (χ2n) is 3.02. The van der Waals surface area contributed by atoms with Gasteiger partial charge >= 0.3 is 0 Å². The van der Waals surface area contributed by atoms with Crippen molar-refractivity contribution in [3.05, 3.63) is 22.4 Å². The Morgan fingerprint density at radius 3 is 3.14 bits per heavy atom. The van der Waals surface area contributed by atoms with E-state index in [1.54, 1.807) is 12.4 Å². The van der Waals surface area contributed by atoms with Crippen LogP contribution < -0.4 is 5.32 Å². The molecule has 1 amide bonds. The molecule has 0 fully saturated rings. The van der Waals surface area contributed by atoms with Crippen molar-refractivity contribution in [1.82, 2.24) is 4.98 Å². The minimum atomic E-state index is -0.596. The molecule has 1 aliphatic rings. The first-order valence-corrected chi connectivity index (χ1v) is 4.84. The van der Waals surface area contributed by atoms with Crippen LogP contribution in [-0.2, 0) is 11.2 Å². The van der Waals surface area contributed by atoms with Gasteiger partial charge in [-0.2, -0.15) is 5.26 Å². The maximum atomic E-state index is 11.3. The molecule has 0 saturated heterocycles. The van der Waals surface area contributed by atoms with Crippen LogP contribution >= 0.6 is 15.9 Å². The number of hydrogen-bond acceptors (Lipinski definition) is 3. The summed E-state index contributed by atoms with van der Waals surface area (Å²) in [6.07, 6.45) is 3.69. The Hall–Kier alpha value is -1.41. The van der Waals surface area contributed by atoms with Gasteiger partial charge in [-0.05, 0) is 21.5 Å². The predicted octanol–water partition coefficient (Wildman–Crippen LogP) is 1.48. The summed E-state index contributed by atoms with van der Waals surface area (Å²) in [6, 6.07) is 1.97. The molecular formula is C9H6BrN3O. The van der Waals surface area contributed by atoms with Gasteiger partial charge in [0.05, 0.1) is 18.0 Å². The molecule has 2 rings (SSSR count). The number of carbonyl (C=O) groups is 1. The van der Waals surface area contributed by atoms with E-state index in [0.29, 0.717) is 12.1 Å². The number of nitriles is 1. The van der Waals surface area contributed by atoms with E-state index in [4.69, 9.17) is 5.26 Å². The van der Waals surface area contributed by atoms with Crippen molar-refractivity contribution in [2.75, 3.05) is 5.32 Å². The third-order valence-electron chi connectivity index (χ3n) is 2.14. The molecule has 0 saturated carbocycles. The van der Waals surface area contributed by atoms with Crippen LogP contribution in [0.15, 0.2) is 16.9 Å². The number of carbonyl (C=O) groups excluding carboxylic acids is 1. The average molecular weight is 252 g/mol. The van der Waals surface area contributed by atoms with Gasteiger partial charge in [-0.1, -0.05) is 0 Å². The van der Waals surface area contributed by atoms with Crippen LogP contribution in [-0.4, -0.2) is 10.9 Å². The summed E-state index contributed by atoms with van der Waals surface area (Å²) in [5, 5.41) is 11.4. The summed E-state index contributed by atoms with van der Waals surface area (Å²) < 4.78 is 0.829. The third kappa shape index (κ3) is 1.38. The molecule has 1 aliphatic heterocycles. The minimum Gasteiger partial charge on any atom is -0.323 e. The van der Waals surface area contributed by atoms with Crippen LogP contribution in [0, 0.1) is 17.2 Å². The topological polar surface area (TPSA) is 65.8 Å². The molecule has 2 heterocycles. The molecule has 0 radical (unpaired) electrons. The maximum absolute atomic E-state index is 11.3. The monoisotopic (exact) mass is 251 g/mol. The minimum absolute atomic E-state index is 0.250. The molecule has 5 heteroatoms. The zero-order valence-corrected chi connectivity index (χ0v) is 8.71. The molecule has 4 nitrogen and oxygen atoms in total. The van der Waals surface area contributed by atoms with Crippen LogP contribution in [0.2, 0.25) is 0 Å². The van der Waals surface area contributed by atoms with Crippen molar-refractivity contribution in [2.24, 2.45) is 5.92 Å². The van der Waals surface area contributed by atoms with Crippen molar-refractivity contribution in [1.29, 1.82) is 5.26 Å². The fourth-order valence-electron chi connectivity index (χ4n) is 1.40. The molecule has 1 aromatic rings. The molecular weight excluding hydrogens is 246 g/mol. The van der Waals surface area contributed by atoms with Crippen molar-refractivity contribution in [3.8, 4) is 6.07 Å². The highest BCUT2D eigenvalue weighted by molar-refractivity contribution is 9.10. The predicted molar refractivity (Wildman–Crippen MR) is 53.4 cm³/mol. The number of aromatic nitrogens is 1. The van der Waals surface area contributed by atoms with E-state index in [0.717, 1.165) is 10.0 Å².